The zero-order chi connectivity index (χ0) is 14.7. The molecule has 5 nitrogen and oxygen atoms in total. The van der Waals surface area contributed by atoms with E-state index in [-0.39, 0.29) is 5.56 Å². The van der Waals surface area contributed by atoms with E-state index in [1.54, 1.807) is 0 Å². The number of nitrogens with one attached hydrogen (secondary N) is 2. The van der Waals surface area contributed by atoms with Crippen LogP contribution in [0, 0.1) is 0 Å². The summed E-state index contributed by atoms with van der Waals surface area (Å²) in [6.45, 7) is 6.28. The molecule has 2 aromatic heterocycles. The molecular weight excluding hydrogens is 284 g/mol. The van der Waals surface area contributed by atoms with Crippen molar-refractivity contribution in [3.8, 4) is 0 Å². The molecule has 2 aromatic rings. The van der Waals surface area contributed by atoms with Gasteiger partial charge in [-0.05, 0) is 44.3 Å². The number of hydrogen-bond acceptors (Lipinski definition) is 5. The molecule has 3 rings (SSSR count). The highest BCUT2D eigenvalue weighted by Gasteiger charge is 2.13. The van der Waals surface area contributed by atoms with Gasteiger partial charge in [0.2, 0.25) is 0 Å². The van der Waals surface area contributed by atoms with Gasteiger partial charge in [0.15, 0.2) is 0 Å². The van der Waals surface area contributed by atoms with E-state index in [2.05, 4.69) is 27.1 Å². The molecule has 0 spiro atoms. The molecule has 0 amide bonds. The molecule has 1 fully saturated rings. The van der Waals surface area contributed by atoms with Gasteiger partial charge in [0.25, 0.3) is 5.56 Å². The fourth-order valence-electron chi connectivity index (χ4n) is 2.87. The predicted octanol–water partition coefficient (Wildman–Crippen LogP) is 1.95. The number of aromatic nitrogens is 2. The number of thiophene rings is 1. The van der Waals surface area contributed by atoms with Gasteiger partial charge in [0, 0.05) is 12.6 Å². The Hall–Kier alpha value is -1.24. The molecule has 1 unspecified atom stereocenters. The lowest BCUT2D eigenvalue weighted by molar-refractivity contribution is 0.208. The largest absolute Gasteiger partial charge is 0.308 e. The fraction of sp³-hybridized carbons (Fsp3) is 0.600. The van der Waals surface area contributed by atoms with E-state index in [0.29, 0.717) is 17.3 Å². The fourth-order valence-corrected chi connectivity index (χ4v) is 3.60. The summed E-state index contributed by atoms with van der Waals surface area (Å²) in [4.78, 5) is 21.8. The van der Waals surface area contributed by atoms with Crippen LogP contribution in [0.4, 0.5) is 0 Å². The zero-order valence-electron chi connectivity index (χ0n) is 12.4. The molecule has 2 N–H and O–H groups in total. The molecular formula is C15H22N4OS. The Morgan fingerprint density at radius 2 is 2.24 bits per heavy atom. The van der Waals surface area contributed by atoms with E-state index in [1.165, 1.54) is 43.7 Å². The first kappa shape index (κ1) is 14.7. The van der Waals surface area contributed by atoms with Gasteiger partial charge in [-0.3, -0.25) is 4.79 Å². The molecule has 0 aromatic carbocycles. The van der Waals surface area contributed by atoms with Crippen LogP contribution in [0.15, 0.2) is 16.2 Å². The van der Waals surface area contributed by atoms with Gasteiger partial charge in [-0.1, -0.05) is 6.42 Å². The molecule has 1 aliphatic rings. The SMILES string of the molecule is CC(CN1CCCCC1)NCc1nc2ccsc2c(=O)[nH]1. The minimum Gasteiger partial charge on any atom is -0.308 e. The monoisotopic (exact) mass is 306 g/mol. The smallest absolute Gasteiger partial charge is 0.268 e. The predicted molar refractivity (Wildman–Crippen MR) is 86.8 cm³/mol. The third-order valence-electron chi connectivity index (χ3n) is 3.96. The lowest BCUT2D eigenvalue weighted by Gasteiger charge is -2.29. The van der Waals surface area contributed by atoms with Crippen LogP contribution in [0.5, 0.6) is 0 Å². The number of aromatic amines is 1. The maximum absolute atomic E-state index is 11.9. The van der Waals surface area contributed by atoms with Crippen molar-refractivity contribution in [2.45, 2.75) is 38.8 Å². The van der Waals surface area contributed by atoms with Crippen molar-refractivity contribution in [1.29, 1.82) is 0 Å². The maximum atomic E-state index is 11.9. The molecule has 1 saturated heterocycles. The highest BCUT2D eigenvalue weighted by Crippen LogP contribution is 2.13. The van der Waals surface area contributed by atoms with Gasteiger partial charge in [-0.15, -0.1) is 11.3 Å². The Kier molecular flexibility index (Phi) is 4.67. The summed E-state index contributed by atoms with van der Waals surface area (Å²) in [5.41, 5.74) is 0.764. The van der Waals surface area contributed by atoms with Crippen LogP contribution in [0.2, 0.25) is 0 Å². The first-order valence-electron chi connectivity index (χ1n) is 7.64. The van der Waals surface area contributed by atoms with E-state index < -0.39 is 0 Å². The number of likely N-dealkylation sites (tertiary alicyclic amines) is 1. The maximum Gasteiger partial charge on any atom is 0.268 e. The normalized spacial score (nSPS) is 18.1. The Balaban J connectivity index is 1.56. The third kappa shape index (κ3) is 3.70. The van der Waals surface area contributed by atoms with Crippen molar-refractivity contribution in [2.24, 2.45) is 0 Å². The molecule has 0 bridgehead atoms. The van der Waals surface area contributed by atoms with Crippen molar-refractivity contribution in [3.63, 3.8) is 0 Å². The second-order valence-electron chi connectivity index (χ2n) is 5.79. The number of nitrogens with zero attached hydrogens (tertiary/aromatic N) is 2. The lowest BCUT2D eigenvalue weighted by atomic mass is 10.1. The molecule has 114 valence electrons. The van der Waals surface area contributed by atoms with Gasteiger partial charge >= 0.3 is 0 Å². The van der Waals surface area contributed by atoms with E-state index in [1.807, 2.05) is 11.4 Å². The Morgan fingerprint density at radius 1 is 1.43 bits per heavy atom. The van der Waals surface area contributed by atoms with Crippen LogP contribution in [-0.4, -0.2) is 40.5 Å². The lowest BCUT2D eigenvalue weighted by Crippen LogP contribution is -2.41. The van der Waals surface area contributed by atoms with E-state index in [9.17, 15) is 4.79 Å². The highest BCUT2D eigenvalue weighted by molar-refractivity contribution is 7.17. The number of piperidine rings is 1. The summed E-state index contributed by atoms with van der Waals surface area (Å²) in [7, 11) is 0. The van der Waals surface area contributed by atoms with Crippen molar-refractivity contribution < 1.29 is 0 Å². The molecule has 0 radical (unpaired) electrons. The van der Waals surface area contributed by atoms with Gasteiger partial charge in [0.1, 0.15) is 10.5 Å². The first-order chi connectivity index (χ1) is 10.2. The summed E-state index contributed by atoms with van der Waals surface area (Å²) >= 11 is 1.44. The van der Waals surface area contributed by atoms with Crippen molar-refractivity contribution in [2.75, 3.05) is 19.6 Å². The molecule has 21 heavy (non-hydrogen) atoms. The number of H-pyrrole nitrogens is 1. The summed E-state index contributed by atoms with van der Waals surface area (Å²) < 4.78 is 0.708. The van der Waals surface area contributed by atoms with Crippen molar-refractivity contribution in [1.82, 2.24) is 20.2 Å². The van der Waals surface area contributed by atoms with E-state index in [0.717, 1.165) is 17.9 Å². The number of hydrogen-bond donors (Lipinski definition) is 2. The molecule has 0 aliphatic carbocycles. The molecule has 0 saturated carbocycles. The Morgan fingerprint density at radius 3 is 3.05 bits per heavy atom. The van der Waals surface area contributed by atoms with Crippen LogP contribution in [0.1, 0.15) is 32.0 Å². The summed E-state index contributed by atoms with van der Waals surface area (Å²) in [5, 5.41) is 5.37. The second kappa shape index (κ2) is 6.68. The van der Waals surface area contributed by atoms with E-state index >= 15 is 0 Å². The van der Waals surface area contributed by atoms with E-state index in [4.69, 9.17) is 0 Å². The first-order valence-corrected chi connectivity index (χ1v) is 8.52. The number of fused-ring (bicyclic) bond motifs is 1. The van der Waals surface area contributed by atoms with Gasteiger partial charge in [-0.25, -0.2) is 4.98 Å². The Bertz CT molecular complexity index is 644. The third-order valence-corrected chi connectivity index (χ3v) is 4.87. The van der Waals surface area contributed by atoms with Gasteiger partial charge < -0.3 is 15.2 Å². The molecule has 1 atom stereocenters. The minimum absolute atomic E-state index is 0.0320. The van der Waals surface area contributed by atoms with Gasteiger partial charge in [-0.2, -0.15) is 0 Å². The summed E-state index contributed by atoms with van der Waals surface area (Å²) in [6, 6.07) is 2.29. The zero-order valence-corrected chi connectivity index (χ0v) is 13.2. The summed E-state index contributed by atoms with van der Waals surface area (Å²) in [5.74, 6) is 0.719. The molecule has 3 heterocycles. The van der Waals surface area contributed by atoms with Crippen LogP contribution in [0.25, 0.3) is 10.2 Å². The molecule has 6 heteroatoms. The van der Waals surface area contributed by atoms with Crippen LogP contribution < -0.4 is 10.9 Å². The highest BCUT2D eigenvalue weighted by atomic mass is 32.1. The average molecular weight is 306 g/mol. The molecule has 1 aliphatic heterocycles. The topological polar surface area (TPSA) is 61.0 Å². The summed E-state index contributed by atoms with van der Waals surface area (Å²) in [6.07, 6.45) is 4.00. The van der Waals surface area contributed by atoms with Crippen LogP contribution in [0.3, 0.4) is 0 Å². The van der Waals surface area contributed by atoms with Crippen LogP contribution in [-0.2, 0) is 6.54 Å². The Labute approximate surface area is 128 Å². The quantitative estimate of drug-likeness (QED) is 0.886. The average Bonchev–Trinajstić information content (AvgIpc) is 2.95. The standard InChI is InChI=1S/C15H22N4OS/c1-11(10-19-6-3-2-4-7-19)16-9-13-17-12-5-8-21-14(12)15(20)18-13/h5,8,11,16H,2-4,6-7,9-10H2,1H3,(H,17,18,20). The number of rotatable bonds is 5. The van der Waals surface area contributed by atoms with Crippen molar-refractivity contribution >= 4 is 21.6 Å². The minimum atomic E-state index is -0.0320. The van der Waals surface area contributed by atoms with Crippen LogP contribution >= 0.6 is 11.3 Å². The van der Waals surface area contributed by atoms with Gasteiger partial charge in [0.05, 0.1) is 12.1 Å². The van der Waals surface area contributed by atoms with Crippen molar-refractivity contribution in [3.05, 3.63) is 27.6 Å². The second-order valence-corrected chi connectivity index (χ2v) is 6.71.